The van der Waals surface area contributed by atoms with Gasteiger partial charge in [0.05, 0.1) is 12.2 Å². The van der Waals surface area contributed by atoms with Gasteiger partial charge in [0.2, 0.25) is 0 Å². The van der Waals surface area contributed by atoms with Crippen molar-refractivity contribution in [2.45, 2.75) is 45.2 Å². The number of benzene rings is 1. The maximum Gasteiger partial charge on any atom is 0.191 e. The standard InChI is InChI=1S/C23H35FN8.HI/c1-3-21-28-22-10-9-18(17-32(22)29-21)27-23(25-2)26-11-6-12-30-13-15-31(16-14-30)20-8-5-4-7-19(20)24;/h4-5,7-8,18H,3,6,9-17H2,1-2H3,(H2,25,26,27);1H. The van der Waals surface area contributed by atoms with E-state index in [1.165, 1.54) is 6.07 Å². The average molecular weight is 570 g/mol. The predicted octanol–water partition coefficient (Wildman–Crippen LogP) is 2.29. The first kappa shape index (κ1) is 25.7. The number of aliphatic imine (C=N–C) groups is 1. The number of para-hydroxylation sites is 1. The van der Waals surface area contributed by atoms with Crippen molar-refractivity contribution in [2.75, 3.05) is 51.2 Å². The van der Waals surface area contributed by atoms with Crippen LogP contribution < -0.4 is 15.5 Å². The molecular weight excluding hydrogens is 534 g/mol. The number of hydrogen-bond acceptors (Lipinski definition) is 5. The number of piperazine rings is 1. The number of fused-ring (bicyclic) bond motifs is 1. The molecule has 4 rings (SSSR count). The zero-order chi connectivity index (χ0) is 22.3. The van der Waals surface area contributed by atoms with Crippen LogP contribution in [0.2, 0.25) is 0 Å². The van der Waals surface area contributed by atoms with Crippen molar-refractivity contribution in [2.24, 2.45) is 4.99 Å². The third-order valence-corrected chi connectivity index (χ3v) is 6.29. The largest absolute Gasteiger partial charge is 0.367 e. The van der Waals surface area contributed by atoms with Gasteiger partial charge in [-0.3, -0.25) is 9.89 Å². The van der Waals surface area contributed by atoms with Crippen LogP contribution in [0.5, 0.6) is 0 Å². The summed E-state index contributed by atoms with van der Waals surface area (Å²) < 4.78 is 16.0. The molecule has 0 radical (unpaired) electrons. The molecule has 0 saturated carbocycles. The molecule has 1 atom stereocenters. The van der Waals surface area contributed by atoms with Gasteiger partial charge < -0.3 is 15.5 Å². The number of hydrogen-bond donors (Lipinski definition) is 2. The van der Waals surface area contributed by atoms with Gasteiger partial charge in [-0.1, -0.05) is 19.1 Å². The quantitative estimate of drug-likeness (QED) is 0.231. The lowest BCUT2D eigenvalue weighted by atomic mass is 10.1. The molecule has 2 aromatic rings. The Hall–Kier alpha value is -1.95. The predicted molar refractivity (Wildman–Crippen MR) is 141 cm³/mol. The first-order valence-corrected chi connectivity index (χ1v) is 11.8. The van der Waals surface area contributed by atoms with Crippen LogP contribution in [0.3, 0.4) is 0 Å². The van der Waals surface area contributed by atoms with Gasteiger partial charge in [0.15, 0.2) is 11.8 Å². The lowest BCUT2D eigenvalue weighted by Gasteiger charge is -2.36. The molecular formula is C23H36FIN8. The molecule has 0 aliphatic carbocycles. The summed E-state index contributed by atoms with van der Waals surface area (Å²) in [7, 11) is 1.82. The molecule has 2 N–H and O–H groups in total. The maximum atomic E-state index is 14.0. The molecule has 1 unspecified atom stereocenters. The molecule has 1 aromatic heterocycles. The molecule has 2 aliphatic heterocycles. The first-order chi connectivity index (χ1) is 15.7. The topological polar surface area (TPSA) is 73.6 Å². The molecule has 1 aromatic carbocycles. The third kappa shape index (κ3) is 6.78. The van der Waals surface area contributed by atoms with Gasteiger partial charge in [-0.15, -0.1) is 24.0 Å². The Morgan fingerprint density at radius 2 is 2.00 bits per heavy atom. The molecule has 0 amide bonds. The second-order valence-corrected chi connectivity index (χ2v) is 8.49. The highest BCUT2D eigenvalue weighted by molar-refractivity contribution is 14.0. The fraction of sp³-hybridized carbons (Fsp3) is 0.609. The highest BCUT2D eigenvalue weighted by Crippen LogP contribution is 2.20. The van der Waals surface area contributed by atoms with E-state index in [-0.39, 0.29) is 29.8 Å². The Morgan fingerprint density at radius 1 is 1.21 bits per heavy atom. The second kappa shape index (κ2) is 12.5. The van der Waals surface area contributed by atoms with Gasteiger partial charge in [0, 0.05) is 58.7 Å². The summed E-state index contributed by atoms with van der Waals surface area (Å²) in [4.78, 5) is 13.6. The average Bonchev–Trinajstić information content (AvgIpc) is 3.24. The van der Waals surface area contributed by atoms with Crippen LogP contribution in [0, 0.1) is 5.82 Å². The highest BCUT2D eigenvalue weighted by atomic mass is 127. The van der Waals surface area contributed by atoms with E-state index >= 15 is 0 Å². The van der Waals surface area contributed by atoms with Crippen LogP contribution in [0.15, 0.2) is 29.3 Å². The molecule has 2 aliphatic rings. The summed E-state index contributed by atoms with van der Waals surface area (Å²) in [5, 5.41) is 11.6. The number of anilines is 1. The van der Waals surface area contributed by atoms with Gasteiger partial charge in [-0.2, -0.15) is 5.10 Å². The zero-order valence-corrected chi connectivity index (χ0v) is 22.0. The Morgan fingerprint density at radius 3 is 2.73 bits per heavy atom. The summed E-state index contributed by atoms with van der Waals surface area (Å²) >= 11 is 0. The lowest BCUT2D eigenvalue weighted by Crippen LogP contribution is -2.48. The maximum absolute atomic E-state index is 14.0. The molecule has 1 fully saturated rings. The monoisotopic (exact) mass is 570 g/mol. The summed E-state index contributed by atoms with van der Waals surface area (Å²) in [5.74, 6) is 2.74. The van der Waals surface area contributed by atoms with E-state index in [0.29, 0.717) is 6.04 Å². The van der Waals surface area contributed by atoms with E-state index in [1.54, 1.807) is 6.07 Å². The zero-order valence-electron chi connectivity index (χ0n) is 19.6. The van der Waals surface area contributed by atoms with E-state index in [2.05, 4.69) is 42.4 Å². The van der Waals surface area contributed by atoms with Crippen LogP contribution >= 0.6 is 24.0 Å². The Bertz CT molecular complexity index is 910. The van der Waals surface area contributed by atoms with Crippen LogP contribution in [-0.2, 0) is 19.4 Å². The Balaban J connectivity index is 0.00000306. The van der Waals surface area contributed by atoms with E-state index in [0.717, 1.165) is 94.8 Å². The molecule has 10 heteroatoms. The SMILES string of the molecule is CCc1nc2n(n1)CC(NC(=NC)NCCCN1CCN(c3ccccc3F)CC1)CC2.I. The van der Waals surface area contributed by atoms with Crippen LogP contribution in [0.25, 0.3) is 0 Å². The minimum atomic E-state index is -0.132. The number of guanidine groups is 1. The molecule has 3 heterocycles. The number of nitrogens with zero attached hydrogens (tertiary/aromatic N) is 6. The second-order valence-electron chi connectivity index (χ2n) is 8.49. The summed E-state index contributed by atoms with van der Waals surface area (Å²) in [5.41, 5.74) is 0.718. The Kier molecular flexibility index (Phi) is 9.72. The van der Waals surface area contributed by atoms with Gasteiger partial charge in [-0.05, 0) is 31.5 Å². The number of halogens is 2. The molecule has 8 nitrogen and oxygen atoms in total. The summed E-state index contributed by atoms with van der Waals surface area (Å²) in [6, 6.07) is 7.36. The number of aryl methyl sites for hydroxylation is 2. The Labute approximate surface area is 213 Å². The molecule has 0 bridgehead atoms. The van der Waals surface area contributed by atoms with Crippen molar-refractivity contribution in [3.63, 3.8) is 0 Å². The van der Waals surface area contributed by atoms with E-state index < -0.39 is 0 Å². The van der Waals surface area contributed by atoms with E-state index in [9.17, 15) is 4.39 Å². The lowest BCUT2D eigenvalue weighted by molar-refractivity contribution is 0.254. The number of aromatic nitrogens is 3. The van der Waals surface area contributed by atoms with Gasteiger partial charge in [0.1, 0.15) is 11.6 Å². The molecule has 0 spiro atoms. The van der Waals surface area contributed by atoms with Crippen LogP contribution in [0.1, 0.15) is 31.4 Å². The van der Waals surface area contributed by atoms with E-state index in [1.807, 2.05) is 23.9 Å². The molecule has 33 heavy (non-hydrogen) atoms. The van der Waals surface area contributed by atoms with Crippen molar-refractivity contribution < 1.29 is 4.39 Å². The van der Waals surface area contributed by atoms with Crippen molar-refractivity contribution in [3.8, 4) is 0 Å². The molecule has 182 valence electrons. The summed E-state index contributed by atoms with van der Waals surface area (Å²) in [6.45, 7) is 8.47. The minimum absolute atomic E-state index is 0. The van der Waals surface area contributed by atoms with Crippen molar-refractivity contribution in [3.05, 3.63) is 41.7 Å². The van der Waals surface area contributed by atoms with Crippen molar-refractivity contribution in [1.82, 2.24) is 30.3 Å². The van der Waals surface area contributed by atoms with Crippen molar-refractivity contribution >= 4 is 35.6 Å². The minimum Gasteiger partial charge on any atom is -0.367 e. The fourth-order valence-corrected chi connectivity index (χ4v) is 4.45. The number of rotatable bonds is 7. The van der Waals surface area contributed by atoms with Crippen molar-refractivity contribution in [1.29, 1.82) is 0 Å². The normalized spacial score (nSPS) is 19.1. The third-order valence-electron chi connectivity index (χ3n) is 6.29. The van der Waals surface area contributed by atoms with Gasteiger partial charge >= 0.3 is 0 Å². The van der Waals surface area contributed by atoms with Crippen LogP contribution in [-0.4, -0.2) is 78.0 Å². The highest BCUT2D eigenvalue weighted by Gasteiger charge is 2.22. The fourth-order valence-electron chi connectivity index (χ4n) is 4.45. The van der Waals surface area contributed by atoms with Gasteiger partial charge in [-0.25, -0.2) is 14.1 Å². The molecule has 1 saturated heterocycles. The van der Waals surface area contributed by atoms with E-state index in [4.69, 9.17) is 0 Å². The smallest absolute Gasteiger partial charge is 0.191 e. The van der Waals surface area contributed by atoms with Crippen LogP contribution in [0.4, 0.5) is 10.1 Å². The van der Waals surface area contributed by atoms with Gasteiger partial charge in [0.25, 0.3) is 0 Å². The first-order valence-electron chi connectivity index (χ1n) is 11.8. The summed E-state index contributed by atoms with van der Waals surface area (Å²) in [6.07, 6.45) is 3.90. The number of nitrogens with one attached hydrogen (secondary N) is 2.